The number of hydrogen-bond donors (Lipinski definition) is 3. The predicted molar refractivity (Wildman–Crippen MR) is 66.3 cm³/mol. The van der Waals surface area contributed by atoms with Crippen molar-refractivity contribution in [2.24, 2.45) is 0 Å². The van der Waals surface area contributed by atoms with Crippen molar-refractivity contribution in [3.8, 4) is 0 Å². The molecule has 1 fully saturated rings. The molecule has 3 rings (SSSR count). The van der Waals surface area contributed by atoms with Crippen LogP contribution in [0.3, 0.4) is 0 Å². The Bertz CT molecular complexity index is 595. The Morgan fingerprint density at radius 2 is 2.06 bits per heavy atom. The first-order valence-electron chi connectivity index (χ1n) is 5.62. The first-order valence-corrected chi connectivity index (χ1v) is 5.62. The molecule has 2 heterocycles. The Labute approximate surface area is 97.4 Å². The van der Waals surface area contributed by atoms with Gasteiger partial charge in [-0.2, -0.15) is 0 Å². The third kappa shape index (κ3) is 1.76. The highest BCUT2D eigenvalue weighted by molar-refractivity contribution is 5.85. The van der Waals surface area contributed by atoms with E-state index in [1.54, 1.807) is 6.07 Å². The van der Waals surface area contributed by atoms with Crippen LogP contribution in [0.5, 0.6) is 0 Å². The number of anilines is 2. The van der Waals surface area contributed by atoms with Gasteiger partial charge in [-0.3, -0.25) is 4.98 Å². The van der Waals surface area contributed by atoms with Gasteiger partial charge in [0, 0.05) is 32.2 Å². The number of aromatic amines is 1. The lowest BCUT2D eigenvalue weighted by molar-refractivity contribution is 0.555. The summed E-state index contributed by atoms with van der Waals surface area (Å²) in [7, 11) is 0. The number of nitrogens with zero attached hydrogens (tertiary/aromatic N) is 1. The summed E-state index contributed by atoms with van der Waals surface area (Å²) in [6.07, 6.45) is 0. The van der Waals surface area contributed by atoms with Gasteiger partial charge in [-0.15, -0.1) is 0 Å². The first-order chi connectivity index (χ1) is 8.24. The Balaban J connectivity index is 2.08. The molecule has 0 amide bonds. The molecular formula is C11H14N4O2. The van der Waals surface area contributed by atoms with Crippen molar-refractivity contribution in [2.45, 2.75) is 0 Å². The van der Waals surface area contributed by atoms with Crippen LogP contribution in [0, 0.1) is 0 Å². The van der Waals surface area contributed by atoms with Gasteiger partial charge in [-0.25, -0.2) is 4.79 Å². The van der Waals surface area contributed by atoms with Crippen LogP contribution in [0.25, 0.3) is 11.1 Å². The highest BCUT2D eigenvalue weighted by Crippen LogP contribution is 2.28. The van der Waals surface area contributed by atoms with Crippen LogP contribution in [-0.4, -0.2) is 31.2 Å². The second kappa shape index (κ2) is 3.81. The summed E-state index contributed by atoms with van der Waals surface area (Å²) >= 11 is 0. The fourth-order valence-corrected chi connectivity index (χ4v) is 2.18. The van der Waals surface area contributed by atoms with Gasteiger partial charge in [0.1, 0.15) is 0 Å². The Morgan fingerprint density at radius 1 is 1.29 bits per heavy atom. The molecule has 1 aromatic heterocycles. The molecule has 0 bridgehead atoms. The molecular weight excluding hydrogens is 220 g/mol. The predicted octanol–water partition coefficient (Wildman–Crippen LogP) is 0.113. The zero-order chi connectivity index (χ0) is 11.8. The number of piperazine rings is 1. The lowest BCUT2D eigenvalue weighted by Gasteiger charge is -2.30. The summed E-state index contributed by atoms with van der Waals surface area (Å²) < 4.78 is 4.97. The molecule has 1 aliphatic rings. The smallest absolute Gasteiger partial charge is 0.408 e. The number of rotatable bonds is 1. The average Bonchev–Trinajstić information content (AvgIpc) is 2.68. The summed E-state index contributed by atoms with van der Waals surface area (Å²) in [5.41, 5.74) is 8.78. The number of benzene rings is 1. The molecule has 0 spiro atoms. The second-order valence-electron chi connectivity index (χ2n) is 4.16. The molecule has 2 aromatic rings. The molecule has 6 nitrogen and oxygen atoms in total. The molecule has 0 saturated carbocycles. The minimum Gasteiger partial charge on any atom is -0.408 e. The summed E-state index contributed by atoms with van der Waals surface area (Å²) in [5, 5.41) is 3.29. The van der Waals surface area contributed by atoms with Crippen LogP contribution in [0.2, 0.25) is 0 Å². The Kier molecular flexibility index (Phi) is 2.29. The quantitative estimate of drug-likeness (QED) is 0.610. The Morgan fingerprint density at radius 3 is 2.82 bits per heavy atom. The van der Waals surface area contributed by atoms with Gasteiger partial charge in [-0.05, 0) is 6.07 Å². The minimum absolute atomic E-state index is 0.447. The van der Waals surface area contributed by atoms with E-state index in [-0.39, 0.29) is 0 Å². The van der Waals surface area contributed by atoms with Gasteiger partial charge in [0.2, 0.25) is 0 Å². The second-order valence-corrected chi connectivity index (χ2v) is 4.16. The molecule has 4 N–H and O–H groups in total. The fourth-order valence-electron chi connectivity index (χ4n) is 2.18. The van der Waals surface area contributed by atoms with Crippen molar-refractivity contribution in [3.63, 3.8) is 0 Å². The topological polar surface area (TPSA) is 87.3 Å². The minimum atomic E-state index is -0.447. The molecule has 6 heteroatoms. The van der Waals surface area contributed by atoms with Gasteiger partial charge in [0.25, 0.3) is 0 Å². The van der Waals surface area contributed by atoms with Crippen LogP contribution >= 0.6 is 0 Å². The maximum atomic E-state index is 11.1. The van der Waals surface area contributed by atoms with E-state index in [2.05, 4.69) is 15.2 Å². The molecule has 17 heavy (non-hydrogen) atoms. The van der Waals surface area contributed by atoms with E-state index < -0.39 is 5.76 Å². The van der Waals surface area contributed by atoms with Crippen LogP contribution in [-0.2, 0) is 0 Å². The van der Waals surface area contributed by atoms with Crippen LogP contribution in [0.1, 0.15) is 0 Å². The van der Waals surface area contributed by atoms with Gasteiger partial charge < -0.3 is 20.4 Å². The van der Waals surface area contributed by atoms with E-state index in [1.807, 2.05) is 6.07 Å². The molecule has 0 aliphatic carbocycles. The van der Waals surface area contributed by atoms with Crippen molar-refractivity contribution in [1.29, 1.82) is 0 Å². The number of H-pyrrole nitrogens is 1. The Hall–Kier alpha value is -1.95. The van der Waals surface area contributed by atoms with Crippen molar-refractivity contribution in [2.75, 3.05) is 36.8 Å². The van der Waals surface area contributed by atoms with Crippen LogP contribution in [0.15, 0.2) is 21.3 Å². The summed E-state index contributed by atoms with van der Waals surface area (Å²) in [6.45, 7) is 3.72. The molecule has 0 unspecified atom stereocenters. The number of hydrogen-bond acceptors (Lipinski definition) is 5. The van der Waals surface area contributed by atoms with Crippen LogP contribution < -0.4 is 21.7 Å². The maximum Gasteiger partial charge on any atom is 0.417 e. The van der Waals surface area contributed by atoms with E-state index in [0.29, 0.717) is 16.8 Å². The third-order valence-corrected chi connectivity index (χ3v) is 3.03. The molecule has 1 aromatic carbocycles. The van der Waals surface area contributed by atoms with Gasteiger partial charge in [0.05, 0.1) is 16.9 Å². The average molecular weight is 234 g/mol. The largest absolute Gasteiger partial charge is 0.417 e. The fraction of sp³-hybridized carbons (Fsp3) is 0.364. The van der Waals surface area contributed by atoms with E-state index in [1.165, 1.54) is 0 Å². The van der Waals surface area contributed by atoms with E-state index >= 15 is 0 Å². The van der Waals surface area contributed by atoms with Crippen LogP contribution in [0.4, 0.5) is 11.4 Å². The van der Waals surface area contributed by atoms with Crippen molar-refractivity contribution < 1.29 is 4.42 Å². The van der Waals surface area contributed by atoms with Crippen molar-refractivity contribution >= 4 is 22.5 Å². The monoisotopic (exact) mass is 234 g/mol. The van der Waals surface area contributed by atoms with Crippen molar-refractivity contribution in [3.05, 3.63) is 22.7 Å². The zero-order valence-electron chi connectivity index (χ0n) is 9.32. The summed E-state index contributed by atoms with van der Waals surface area (Å²) in [4.78, 5) is 16.0. The number of nitrogens with two attached hydrogens (primary N) is 1. The van der Waals surface area contributed by atoms with E-state index in [4.69, 9.17) is 10.2 Å². The van der Waals surface area contributed by atoms with Gasteiger partial charge in [-0.1, -0.05) is 0 Å². The summed E-state index contributed by atoms with van der Waals surface area (Å²) in [6, 6.07) is 3.57. The SMILES string of the molecule is Nc1cc2oc(=O)[nH]c2cc1N1CCNCC1. The highest BCUT2D eigenvalue weighted by atomic mass is 16.4. The standard InChI is InChI=1S/C11H14N4O2/c12-7-5-10-8(14-11(16)17-10)6-9(7)15-3-1-13-2-4-15/h5-6,13H,1-4,12H2,(H,14,16). The number of nitrogens with one attached hydrogen (secondary N) is 2. The summed E-state index contributed by atoms with van der Waals surface area (Å²) in [5.74, 6) is -0.447. The third-order valence-electron chi connectivity index (χ3n) is 3.03. The molecule has 0 radical (unpaired) electrons. The molecule has 0 atom stereocenters. The maximum absolute atomic E-state index is 11.1. The number of aromatic nitrogens is 1. The van der Waals surface area contributed by atoms with E-state index in [9.17, 15) is 4.79 Å². The molecule has 1 aliphatic heterocycles. The first kappa shape index (κ1) is 10.2. The zero-order valence-corrected chi connectivity index (χ0v) is 9.32. The number of fused-ring (bicyclic) bond motifs is 1. The lowest BCUT2D eigenvalue weighted by Crippen LogP contribution is -2.43. The highest BCUT2D eigenvalue weighted by Gasteiger charge is 2.15. The molecule has 1 saturated heterocycles. The van der Waals surface area contributed by atoms with Gasteiger partial charge in [0.15, 0.2) is 5.58 Å². The molecule has 90 valence electrons. The normalized spacial score (nSPS) is 16.6. The number of nitrogen functional groups attached to an aromatic ring is 1. The van der Waals surface area contributed by atoms with E-state index in [0.717, 1.165) is 31.9 Å². The van der Waals surface area contributed by atoms with Crippen molar-refractivity contribution in [1.82, 2.24) is 10.3 Å². The lowest BCUT2D eigenvalue weighted by atomic mass is 10.2. The van der Waals surface area contributed by atoms with Gasteiger partial charge >= 0.3 is 5.76 Å². The number of oxazole rings is 1.